The molecule has 1 N–H and O–H groups in total. The van der Waals surface area contributed by atoms with E-state index in [2.05, 4.69) is 0 Å². The molecule has 0 amide bonds. The third-order valence-corrected chi connectivity index (χ3v) is 1.71. The third-order valence-electron chi connectivity index (χ3n) is 1.71. The van der Waals surface area contributed by atoms with E-state index in [0.717, 1.165) is 6.07 Å². The normalized spacial score (nSPS) is 10.9. The molecule has 0 spiro atoms. The van der Waals surface area contributed by atoms with Gasteiger partial charge in [0.25, 0.3) is 0 Å². The number of hydrogen-bond acceptors (Lipinski definition) is 1. The Morgan fingerprint density at radius 1 is 1.23 bits per heavy atom. The number of benzene rings is 1. The quantitative estimate of drug-likeness (QED) is 0.706. The first kappa shape index (κ1) is 10.1. The fourth-order valence-electron chi connectivity index (χ4n) is 0.997. The number of aliphatic hydroxyl groups is 1. The third kappa shape index (κ3) is 1.83. The molecule has 1 aromatic rings. The average Bonchev–Trinajstić information content (AvgIpc) is 2.12. The SMILES string of the molecule is C[C](CO)c1c(F)ccc(F)c1F. The smallest absolute Gasteiger partial charge is 0.165 e. The van der Waals surface area contributed by atoms with Crippen molar-refractivity contribution in [3.63, 3.8) is 0 Å². The Kier molecular flexibility index (Phi) is 2.93. The standard InChI is InChI=1S/C9H8F3O/c1-5(4-13)8-6(10)2-3-7(11)9(8)12/h2-3,13H,4H2,1H3. The lowest BCUT2D eigenvalue weighted by atomic mass is 10.0. The number of aliphatic hydroxyl groups excluding tert-OH is 1. The molecule has 0 aliphatic rings. The van der Waals surface area contributed by atoms with E-state index in [1.807, 2.05) is 0 Å². The van der Waals surface area contributed by atoms with Gasteiger partial charge in [0.1, 0.15) is 5.82 Å². The van der Waals surface area contributed by atoms with E-state index in [-0.39, 0.29) is 5.92 Å². The van der Waals surface area contributed by atoms with Gasteiger partial charge in [-0.25, -0.2) is 13.2 Å². The summed E-state index contributed by atoms with van der Waals surface area (Å²) in [7, 11) is 0. The van der Waals surface area contributed by atoms with E-state index in [9.17, 15) is 13.2 Å². The van der Waals surface area contributed by atoms with Crippen molar-refractivity contribution in [1.82, 2.24) is 0 Å². The molecular weight excluding hydrogens is 181 g/mol. The van der Waals surface area contributed by atoms with Crippen LogP contribution in [-0.4, -0.2) is 11.7 Å². The summed E-state index contributed by atoms with van der Waals surface area (Å²) in [4.78, 5) is 0. The first-order chi connectivity index (χ1) is 6.07. The molecule has 0 atom stereocenters. The minimum Gasteiger partial charge on any atom is -0.395 e. The highest BCUT2D eigenvalue weighted by Crippen LogP contribution is 2.22. The molecule has 0 saturated heterocycles. The van der Waals surface area contributed by atoms with Crippen LogP contribution in [0, 0.1) is 23.4 Å². The summed E-state index contributed by atoms with van der Waals surface area (Å²) in [5, 5.41) is 8.64. The van der Waals surface area contributed by atoms with Gasteiger partial charge in [0.15, 0.2) is 11.6 Å². The van der Waals surface area contributed by atoms with Crippen LogP contribution in [0.15, 0.2) is 12.1 Å². The second kappa shape index (κ2) is 3.79. The van der Waals surface area contributed by atoms with Crippen LogP contribution in [0.2, 0.25) is 0 Å². The van der Waals surface area contributed by atoms with Gasteiger partial charge in [-0.05, 0) is 12.1 Å². The zero-order chi connectivity index (χ0) is 10.0. The van der Waals surface area contributed by atoms with Crippen molar-refractivity contribution in [2.24, 2.45) is 0 Å². The summed E-state index contributed by atoms with van der Waals surface area (Å²) >= 11 is 0. The molecule has 71 valence electrons. The van der Waals surface area contributed by atoms with Gasteiger partial charge in [-0.3, -0.25) is 0 Å². The van der Waals surface area contributed by atoms with Crippen molar-refractivity contribution in [1.29, 1.82) is 0 Å². The molecule has 0 unspecified atom stereocenters. The monoisotopic (exact) mass is 189 g/mol. The lowest BCUT2D eigenvalue weighted by Crippen LogP contribution is -2.07. The zero-order valence-corrected chi connectivity index (χ0v) is 6.94. The van der Waals surface area contributed by atoms with Gasteiger partial charge < -0.3 is 5.11 Å². The lowest BCUT2D eigenvalue weighted by Gasteiger charge is -2.09. The van der Waals surface area contributed by atoms with Gasteiger partial charge in [-0.1, -0.05) is 6.92 Å². The van der Waals surface area contributed by atoms with Crippen LogP contribution in [-0.2, 0) is 0 Å². The van der Waals surface area contributed by atoms with E-state index in [1.165, 1.54) is 6.92 Å². The molecule has 1 aromatic carbocycles. The van der Waals surface area contributed by atoms with Crippen LogP contribution < -0.4 is 0 Å². The van der Waals surface area contributed by atoms with Gasteiger partial charge in [0, 0.05) is 11.5 Å². The molecule has 0 aromatic heterocycles. The first-order valence-corrected chi connectivity index (χ1v) is 3.65. The highest BCUT2D eigenvalue weighted by Gasteiger charge is 2.19. The number of rotatable bonds is 2. The minimum absolute atomic E-state index is 0.0644. The highest BCUT2D eigenvalue weighted by atomic mass is 19.2. The lowest BCUT2D eigenvalue weighted by molar-refractivity contribution is 0.310. The van der Waals surface area contributed by atoms with Crippen molar-refractivity contribution in [3.05, 3.63) is 41.1 Å². The molecule has 0 aliphatic heterocycles. The Morgan fingerprint density at radius 2 is 1.77 bits per heavy atom. The van der Waals surface area contributed by atoms with Crippen molar-refractivity contribution >= 4 is 0 Å². The van der Waals surface area contributed by atoms with Gasteiger partial charge >= 0.3 is 0 Å². The fourth-order valence-corrected chi connectivity index (χ4v) is 0.997. The first-order valence-electron chi connectivity index (χ1n) is 3.65. The number of hydrogen-bond donors (Lipinski definition) is 1. The second-order valence-electron chi connectivity index (χ2n) is 2.66. The van der Waals surface area contributed by atoms with Gasteiger partial charge in [0.2, 0.25) is 0 Å². The molecule has 0 saturated carbocycles. The van der Waals surface area contributed by atoms with Crippen LogP contribution in [0.1, 0.15) is 12.5 Å². The summed E-state index contributed by atoms with van der Waals surface area (Å²) in [5.74, 6) is -3.18. The summed E-state index contributed by atoms with van der Waals surface area (Å²) in [6.45, 7) is 0.832. The molecule has 0 bridgehead atoms. The van der Waals surface area contributed by atoms with Crippen molar-refractivity contribution in [2.75, 3.05) is 6.61 Å². The molecule has 1 nitrogen and oxygen atoms in total. The van der Waals surface area contributed by atoms with E-state index in [0.29, 0.717) is 6.07 Å². The Morgan fingerprint density at radius 3 is 2.31 bits per heavy atom. The largest absolute Gasteiger partial charge is 0.395 e. The Hall–Kier alpha value is -1.03. The van der Waals surface area contributed by atoms with E-state index < -0.39 is 29.6 Å². The van der Waals surface area contributed by atoms with Crippen LogP contribution in [0.25, 0.3) is 0 Å². The molecular formula is C9H8F3O. The molecule has 0 heterocycles. The molecule has 1 rings (SSSR count). The summed E-state index contributed by atoms with van der Waals surface area (Å²) in [6, 6.07) is 1.53. The molecule has 0 aliphatic carbocycles. The molecule has 4 heteroatoms. The average molecular weight is 189 g/mol. The van der Waals surface area contributed by atoms with E-state index >= 15 is 0 Å². The van der Waals surface area contributed by atoms with Gasteiger partial charge in [-0.15, -0.1) is 0 Å². The van der Waals surface area contributed by atoms with E-state index in [4.69, 9.17) is 5.11 Å². The summed E-state index contributed by atoms with van der Waals surface area (Å²) in [6.07, 6.45) is 0. The minimum atomic E-state index is -1.26. The Balaban J connectivity index is 3.25. The van der Waals surface area contributed by atoms with Crippen molar-refractivity contribution in [3.8, 4) is 0 Å². The molecule has 13 heavy (non-hydrogen) atoms. The number of halogens is 3. The predicted molar refractivity (Wildman–Crippen MR) is 41.4 cm³/mol. The predicted octanol–water partition coefficient (Wildman–Crippen LogP) is 2.04. The summed E-state index contributed by atoms with van der Waals surface area (Å²) in [5.41, 5.74) is -0.484. The second-order valence-corrected chi connectivity index (χ2v) is 2.66. The molecule has 0 fully saturated rings. The maximum absolute atomic E-state index is 13.0. The molecule has 1 radical (unpaired) electrons. The van der Waals surface area contributed by atoms with E-state index in [1.54, 1.807) is 0 Å². The Bertz CT molecular complexity index is 312. The van der Waals surface area contributed by atoms with Gasteiger partial charge in [0.05, 0.1) is 6.61 Å². The van der Waals surface area contributed by atoms with Crippen LogP contribution >= 0.6 is 0 Å². The summed E-state index contributed by atoms with van der Waals surface area (Å²) < 4.78 is 38.5. The fraction of sp³-hybridized carbons (Fsp3) is 0.222. The zero-order valence-electron chi connectivity index (χ0n) is 6.94. The van der Waals surface area contributed by atoms with Crippen molar-refractivity contribution < 1.29 is 18.3 Å². The highest BCUT2D eigenvalue weighted by molar-refractivity contribution is 5.33. The van der Waals surface area contributed by atoms with Crippen molar-refractivity contribution in [2.45, 2.75) is 6.92 Å². The maximum Gasteiger partial charge on any atom is 0.165 e. The topological polar surface area (TPSA) is 20.2 Å². The van der Waals surface area contributed by atoms with Crippen LogP contribution in [0.5, 0.6) is 0 Å². The van der Waals surface area contributed by atoms with Crippen LogP contribution in [0.4, 0.5) is 13.2 Å². The van der Waals surface area contributed by atoms with Crippen LogP contribution in [0.3, 0.4) is 0 Å². The Labute approximate surface area is 73.8 Å². The van der Waals surface area contributed by atoms with Gasteiger partial charge in [-0.2, -0.15) is 0 Å². The maximum atomic E-state index is 13.0.